The van der Waals surface area contributed by atoms with Crippen LogP contribution in [0, 0.1) is 0 Å². The predicted molar refractivity (Wildman–Crippen MR) is 93.2 cm³/mol. The molecule has 2 aliphatic heterocycles. The van der Waals surface area contributed by atoms with Crippen molar-refractivity contribution < 1.29 is 14.4 Å². The number of amides is 2. The first-order valence-corrected chi connectivity index (χ1v) is 8.74. The molecule has 1 spiro atoms. The van der Waals surface area contributed by atoms with Crippen LogP contribution in [0.4, 0.5) is 0 Å². The molecule has 0 N–H and O–H groups in total. The Balaban J connectivity index is 1.78. The van der Waals surface area contributed by atoms with Gasteiger partial charge in [0, 0.05) is 58.4 Å². The second-order valence-corrected chi connectivity index (χ2v) is 7.27. The van der Waals surface area contributed by atoms with Crippen LogP contribution in [0.15, 0.2) is 18.3 Å². The number of carbonyl (C=O) groups excluding carboxylic acids is 3. The van der Waals surface area contributed by atoms with E-state index in [-0.39, 0.29) is 11.4 Å². The lowest BCUT2D eigenvalue weighted by Gasteiger charge is -2.49. The van der Waals surface area contributed by atoms with Crippen LogP contribution in [-0.2, 0) is 16.6 Å². The van der Waals surface area contributed by atoms with E-state index in [0.717, 1.165) is 12.8 Å². The van der Waals surface area contributed by atoms with Crippen molar-refractivity contribution in [2.24, 2.45) is 7.05 Å². The molecule has 3 heterocycles. The van der Waals surface area contributed by atoms with Crippen LogP contribution in [0.1, 0.15) is 29.8 Å². The number of ketones is 1. The zero-order valence-electron chi connectivity index (χ0n) is 15.2. The summed E-state index contributed by atoms with van der Waals surface area (Å²) < 4.78 is 1.67. The maximum absolute atomic E-state index is 12.8. The molecule has 2 saturated heterocycles. The minimum absolute atomic E-state index is 0.147. The first kappa shape index (κ1) is 17.7. The Kier molecular flexibility index (Phi) is 4.69. The molecule has 0 saturated carbocycles. The summed E-state index contributed by atoms with van der Waals surface area (Å²) in [6, 6.07) is 3.43. The molecule has 1 aromatic heterocycles. The van der Waals surface area contributed by atoms with Crippen LogP contribution < -0.4 is 0 Å². The molecule has 7 nitrogen and oxygen atoms in total. The summed E-state index contributed by atoms with van der Waals surface area (Å²) in [6.07, 6.45) is 3.77. The van der Waals surface area contributed by atoms with Crippen LogP contribution in [0.25, 0.3) is 0 Å². The van der Waals surface area contributed by atoms with Crippen LogP contribution in [0.5, 0.6) is 0 Å². The number of hydrogen-bond donors (Lipinski definition) is 0. The molecule has 0 unspecified atom stereocenters. The zero-order valence-corrected chi connectivity index (χ0v) is 15.2. The van der Waals surface area contributed by atoms with Gasteiger partial charge in [-0.2, -0.15) is 0 Å². The number of rotatable bonds is 2. The molecule has 0 aromatic carbocycles. The average Bonchev–Trinajstić information content (AvgIpc) is 2.98. The van der Waals surface area contributed by atoms with Crippen molar-refractivity contribution in [2.45, 2.75) is 24.8 Å². The number of likely N-dealkylation sites (tertiary alicyclic amines) is 1. The molecule has 25 heavy (non-hydrogen) atoms. The molecule has 0 radical (unpaired) electrons. The van der Waals surface area contributed by atoms with Crippen LogP contribution in [-0.4, -0.2) is 82.7 Å². The van der Waals surface area contributed by atoms with E-state index >= 15 is 0 Å². The van der Waals surface area contributed by atoms with Gasteiger partial charge >= 0.3 is 0 Å². The van der Waals surface area contributed by atoms with Gasteiger partial charge in [0.25, 0.3) is 11.7 Å². The van der Waals surface area contributed by atoms with Crippen molar-refractivity contribution in [3.05, 3.63) is 24.0 Å². The quantitative estimate of drug-likeness (QED) is 0.573. The molecule has 2 aliphatic rings. The smallest absolute Gasteiger partial charge is 0.296 e. The summed E-state index contributed by atoms with van der Waals surface area (Å²) in [5.41, 5.74) is 0.178. The highest BCUT2D eigenvalue weighted by atomic mass is 16.2. The third kappa shape index (κ3) is 3.20. The van der Waals surface area contributed by atoms with Crippen LogP contribution >= 0.6 is 0 Å². The highest BCUT2D eigenvalue weighted by Crippen LogP contribution is 2.32. The van der Waals surface area contributed by atoms with Gasteiger partial charge in [0.2, 0.25) is 5.91 Å². The predicted octanol–water partition coefficient (Wildman–Crippen LogP) is 0.363. The minimum atomic E-state index is -0.464. The van der Waals surface area contributed by atoms with Crippen molar-refractivity contribution >= 4 is 17.6 Å². The Morgan fingerprint density at radius 3 is 2.52 bits per heavy atom. The largest absolute Gasteiger partial charge is 0.348 e. The van der Waals surface area contributed by atoms with E-state index in [1.54, 1.807) is 39.7 Å². The molecule has 0 aliphatic carbocycles. The maximum Gasteiger partial charge on any atom is 0.296 e. The Bertz CT molecular complexity index is 698. The summed E-state index contributed by atoms with van der Waals surface area (Å²) in [5, 5.41) is 0. The summed E-state index contributed by atoms with van der Waals surface area (Å²) >= 11 is 0. The Morgan fingerprint density at radius 1 is 1.08 bits per heavy atom. The fourth-order valence-corrected chi connectivity index (χ4v) is 3.88. The van der Waals surface area contributed by atoms with E-state index in [9.17, 15) is 14.4 Å². The lowest BCUT2D eigenvalue weighted by Crippen LogP contribution is -2.63. The Hall–Kier alpha value is -2.15. The average molecular weight is 346 g/mol. The van der Waals surface area contributed by atoms with Crippen molar-refractivity contribution in [1.82, 2.24) is 19.3 Å². The van der Waals surface area contributed by atoms with Gasteiger partial charge in [0.15, 0.2) is 0 Å². The number of nitrogens with zero attached hydrogens (tertiary/aromatic N) is 4. The van der Waals surface area contributed by atoms with Crippen molar-refractivity contribution in [1.29, 1.82) is 0 Å². The normalized spacial score (nSPS) is 25.3. The number of hydrogen-bond acceptors (Lipinski definition) is 4. The highest BCUT2D eigenvalue weighted by Gasteiger charge is 2.44. The van der Waals surface area contributed by atoms with E-state index in [2.05, 4.69) is 11.9 Å². The minimum Gasteiger partial charge on any atom is -0.348 e. The Labute approximate surface area is 148 Å². The lowest BCUT2D eigenvalue weighted by molar-refractivity contribution is -0.132. The van der Waals surface area contributed by atoms with E-state index in [1.165, 1.54) is 0 Å². The lowest BCUT2D eigenvalue weighted by atomic mass is 9.86. The molecule has 1 atom stereocenters. The van der Waals surface area contributed by atoms with Gasteiger partial charge in [0.05, 0.1) is 5.69 Å². The second kappa shape index (κ2) is 6.63. The molecule has 7 heteroatoms. The second-order valence-electron chi connectivity index (χ2n) is 7.27. The number of aryl methyl sites for hydroxylation is 1. The summed E-state index contributed by atoms with van der Waals surface area (Å²) in [4.78, 5) is 43.1. The maximum atomic E-state index is 12.8. The summed E-state index contributed by atoms with van der Waals surface area (Å²) in [6.45, 7) is 2.43. The topological polar surface area (TPSA) is 65.9 Å². The van der Waals surface area contributed by atoms with E-state index in [0.29, 0.717) is 38.3 Å². The van der Waals surface area contributed by atoms with E-state index in [4.69, 9.17) is 0 Å². The van der Waals surface area contributed by atoms with Crippen molar-refractivity contribution in [3.63, 3.8) is 0 Å². The van der Waals surface area contributed by atoms with Crippen molar-refractivity contribution in [3.8, 4) is 0 Å². The summed E-state index contributed by atoms with van der Waals surface area (Å²) in [7, 11) is 5.64. The monoisotopic (exact) mass is 346 g/mol. The van der Waals surface area contributed by atoms with Crippen molar-refractivity contribution in [2.75, 3.05) is 40.3 Å². The molecule has 3 rings (SSSR count). The molecule has 1 aromatic rings. The van der Waals surface area contributed by atoms with Gasteiger partial charge in [-0.1, -0.05) is 0 Å². The highest BCUT2D eigenvalue weighted by molar-refractivity contribution is 6.42. The molecule has 2 fully saturated rings. The third-order valence-corrected chi connectivity index (χ3v) is 5.80. The van der Waals surface area contributed by atoms with Gasteiger partial charge in [-0.15, -0.1) is 0 Å². The molecule has 0 bridgehead atoms. The van der Waals surface area contributed by atoms with E-state index < -0.39 is 11.7 Å². The molecular formula is C18H26N4O3. The van der Waals surface area contributed by atoms with Gasteiger partial charge in [-0.25, -0.2) is 0 Å². The number of piperazine rings is 1. The molecule has 136 valence electrons. The van der Waals surface area contributed by atoms with E-state index in [1.807, 2.05) is 7.05 Å². The zero-order chi connectivity index (χ0) is 18.2. The number of Topliss-reactive ketones (excluding diaryl/α,β-unsaturated/α-hetero) is 1. The first-order chi connectivity index (χ1) is 11.8. The van der Waals surface area contributed by atoms with Crippen LogP contribution in [0.2, 0.25) is 0 Å². The van der Waals surface area contributed by atoms with Crippen LogP contribution in [0.3, 0.4) is 0 Å². The van der Waals surface area contributed by atoms with Gasteiger partial charge in [0.1, 0.15) is 0 Å². The molecule has 2 amide bonds. The fourth-order valence-electron chi connectivity index (χ4n) is 3.88. The third-order valence-electron chi connectivity index (χ3n) is 5.80. The van der Waals surface area contributed by atoms with Gasteiger partial charge in [-0.3, -0.25) is 19.3 Å². The standard InChI is InChI=1S/C18H26N4O3/c1-19-9-4-5-14(19)16(24)17(25)22-12-11-21(3)18(13-22)7-6-15(23)20(2)10-8-18/h4-5,9H,6-8,10-13H2,1-3H3/t18-/m0/s1. The first-order valence-electron chi connectivity index (χ1n) is 8.74. The Morgan fingerprint density at radius 2 is 1.84 bits per heavy atom. The number of likely N-dealkylation sites (N-methyl/N-ethyl adjacent to an activating group) is 1. The number of aromatic nitrogens is 1. The van der Waals surface area contributed by atoms with Gasteiger partial charge < -0.3 is 14.4 Å². The van der Waals surface area contributed by atoms with Gasteiger partial charge in [-0.05, 0) is 32.0 Å². The number of carbonyl (C=O) groups is 3. The molecular weight excluding hydrogens is 320 g/mol. The SMILES string of the molecule is CN1CC[C@@]2(CCC1=O)CN(C(=O)C(=O)c1cccn1C)CCN2C. The fraction of sp³-hybridized carbons (Fsp3) is 0.611. The summed E-state index contributed by atoms with van der Waals surface area (Å²) in [5.74, 6) is -0.763.